The first-order valence-electron chi connectivity index (χ1n) is 6.39. The molecular weight excluding hydrogens is 200 g/mol. The molecule has 0 unspecified atom stereocenters. The zero-order chi connectivity index (χ0) is 11.3. The molecule has 3 saturated carbocycles. The van der Waals surface area contributed by atoms with Gasteiger partial charge < -0.3 is 10.2 Å². The number of allylic oxidation sites excluding steroid dienone is 1. The Morgan fingerprint density at radius 2 is 2.19 bits per heavy atom. The Morgan fingerprint density at radius 3 is 2.94 bits per heavy atom. The average molecular weight is 220 g/mol. The lowest BCUT2D eigenvalue weighted by Crippen LogP contribution is -2.54. The highest BCUT2D eigenvalue weighted by Gasteiger charge is 2.53. The molecule has 0 saturated heterocycles. The molecule has 0 aromatic carbocycles. The maximum Gasteiger partial charge on any atom is 0.0893 e. The summed E-state index contributed by atoms with van der Waals surface area (Å²) < 4.78 is 0. The lowest BCUT2D eigenvalue weighted by Gasteiger charge is -2.55. The maximum absolute atomic E-state index is 10.6. The molecule has 2 N–H and O–H groups in total. The van der Waals surface area contributed by atoms with Crippen molar-refractivity contribution in [3.63, 3.8) is 0 Å². The van der Waals surface area contributed by atoms with E-state index in [1.807, 2.05) is 0 Å². The van der Waals surface area contributed by atoms with E-state index in [4.69, 9.17) is 0 Å². The molecular formula is C14H20O2. The smallest absolute Gasteiger partial charge is 0.0893 e. The average Bonchev–Trinajstić information content (AvgIpc) is 2.29. The van der Waals surface area contributed by atoms with Crippen LogP contribution in [0.15, 0.2) is 24.3 Å². The monoisotopic (exact) mass is 220 g/mol. The molecule has 0 radical (unpaired) electrons. The van der Waals surface area contributed by atoms with Gasteiger partial charge in [0.15, 0.2) is 0 Å². The van der Waals surface area contributed by atoms with Crippen molar-refractivity contribution >= 4 is 0 Å². The second-order valence-corrected chi connectivity index (χ2v) is 5.66. The number of aliphatic hydroxyl groups excluding tert-OH is 1. The number of hydrogen-bond donors (Lipinski definition) is 2. The third-order valence-electron chi connectivity index (χ3n) is 4.92. The van der Waals surface area contributed by atoms with Gasteiger partial charge >= 0.3 is 0 Å². The van der Waals surface area contributed by atoms with E-state index >= 15 is 0 Å². The van der Waals surface area contributed by atoms with Crippen molar-refractivity contribution in [2.45, 2.75) is 43.8 Å². The summed E-state index contributed by atoms with van der Waals surface area (Å²) in [5, 5.41) is 20.7. The van der Waals surface area contributed by atoms with E-state index in [-0.39, 0.29) is 12.0 Å². The fourth-order valence-corrected chi connectivity index (χ4v) is 4.20. The first-order valence-corrected chi connectivity index (χ1v) is 6.39. The minimum atomic E-state index is -0.706. The van der Waals surface area contributed by atoms with Gasteiger partial charge in [-0.2, -0.15) is 0 Å². The van der Waals surface area contributed by atoms with Crippen molar-refractivity contribution in [3.05, 3.63) is 24.3 Å². The minimum absolute atomic E-state index is 0.179. The molecule has 0 aromatic heterocycles. The summed E-state index contributed by atoms with van der Waals surface area (Å²) in [7, 11) is 0. The Kier molecular flexibility index (Phi) is 2.27. The van der Waals surface area contributed by atoms with Crippen molar-refractivity contribution in [3.8, 4) is 0 Å². The lowest BCUT2D eigenvalue weighted by molar-refractivity contribution is -0.0786. The minimum Gasteiger partial charge on any atom is -0.392 e. The van der Waals surface area contributed by atoms with Crippen LogP contribution in [0, 0.1) is 17.8 Å². The maximum atomic E-state index is 10.6. The van der Waals surface area contributed by atoms with E-state index in [1.165, 1.54) is 5.57 Å². The Labute approximate surface area is 96.7 Å². The van der Waals surface area contributed by atoms with Crippen LogP contribution in [0.25, 0.3) is 0 Å². The van der Waals surface area contributed by atoms with Gasteiger partial charge in [0, 0.05) is 11.8 Å². The topological polar surface area (TPSA) is 40.5 Å². The molecule has 2 nitrogen and oxygen atoms in total. The normalized spacial score (nSPS) is 50.8. The molecule has 5 atom stereocenters. The van der Waals surface area contributed by atoms with Crippen molar-refractivity contribution in [1.29, 1.82) is 0 Å². The molecule has 2 heteroatoms. The van der Waals surface area contributed by atoms with Crippen LogP contribution in [-0.4, -0.2) is 21.9 Å². The fourth-order valence-electron chi connectivity index (χ4n) is 4.20. The van der Waals surface area contributed by atoms with Gasteiger partial charge in [-0.15, -0.1) is 6.58 Å². The molecule has 0 aromatic rings. The molecule has 16 heavy (non-hydrogen) atoms. The molecule has 4 aliphatic rings. The predicted octanol–water partition coefficient (Wildman–Crippen LogP) is 2.03. The number of rotatable bonds is 1. The Morgan fingerprint density at radius 1 is 1.38 bits per heavy atom. The van der Waals surface area contributed by atoms with Crippen molar-refractivity contribution in [1.82, 2.24) is 0 Å². The standard InChI is InChI=1S/C14H20O2/c1-2-14(16)8-9-6-7-11(14)10-4-3-5-12(15)13(9)10/h2,4,9,11-13,15-16H,1,3,5-8H2/t9-,11-,12-,13+,14+/m0/s1. The van der Waals surface area contributed by atoms with Gasteiger partial charge in [-0.05, 0) is 38.0 Å². The summed E-state index contributed by atoms with van der Waals surface area (Å²) >= 11 is 0. The molecule has 2 bridgehead atoms. The van der Waals surface area contributed by atoms with Crippen LogP contribution in [0.3, 0.4) is 0 Å². The van der Waals surface area contributed by atoms with Gasteiger partial charge in [0.1, 0.15) is 0 Å². The van der Waals surface area contributed by atoms with Crippen LogP contribution in [0.4, 0.5) is 0 Å². The molecule has 0 heterocycles. The Balaban J connectivity index is 2.01. The molecule has 4 aliphatic carbocycles. The van der Waals surface area contributed by atoms with E-state index in [0.717, 1.165) is 32.1 Å². The molecule has 0 aliphatic heterocycles. The van der Waals surface area contributed by atoms with Crippen LogP contribution in [0.1, 0.15) is 32.1 Å². The van der Waals surface area contributed by atoms with Crippen molar-refractivity contribution < 1.29 is 10.2 Å². The van der Waals surface area contributed by atoms with Crippen molar-refractivity contribution in [2.75, 3.05) is 0 Å². The second-order valence-electron chi connectivity index (χ2n) is 5.66. The first-order chi connectivity index (χ1) is 7.65. The molecule has 88 valence electrons. The molecule has 0 amide bonds. The Bertz CT molecular complexity index is 347. The summed E-state index contributed by atoms with van der Waals surface area (Å²) in [6, 6.07) is 0. The molecule has 0 spiro atoms. The third kappa shape index (κ3) is 1.26. The zero-order valence-electron chi connectivity index (χ0n) is 9.60. The van der Waals surface area contributed by atoms with Crippen LogP contribution in [0.5, 0.6) is 0 Å². The fraction of sp³-hybridized carbons (Fsp3) is 0.714. The van der Waals surface area contributed by atoms with E-state index in [1.54, 1.807) is 6.08 Å². The summed E-state index contributed by atoms with van der Waals surface area (Å²) in [4.78, 5) is 0. The summed E-state index contributed by atoms with van der Waals surface area (Å²) in [6.45, 7) is 3.79. The SMILES string of the molecule is C=C[C@@]1(O)C[C@@H]2CC[C@H]1C1=CCC[C@H](O)[C@@H]12. The number of aliphatic hydroxyl groups is 2. The van der Waals surface area contributed by atoms with Crippen molar-refractivity contribution in [2.24, 2.45) is 17.8 Å². The highest BCUT2D eigenvalue weighted by Crippen LogP contribution is 2.56. The molecule has 4 rings (SSSR count). The van der Waals surface area contributed by atoms with E-state index in [2.05, 4.69) is 12.7 Å². The lowest BCUT2D eigenvalue weighted by atomic mass is 9.52. The largest absolute Gasteiger partial charge is 0.392 e. The quantitative estimate of drug-likeness (QED) is 0.664. The summed E-state index contributed by atoms with van der Waals surface area (Å²) in [5.74, 6) is 0.997. The van der Waals surface area contributed by atoms with Gasteiger partial charge in [-0.1, -0.05) is 17.7 Å². The van der Waals surface area contributed by atoms with Crippen LogP contribution < -0.4 is 0 Å². The van der Waals surface area contributed by atoms with Crippen LogP contribution >= 0.6 is 0 Å². The van der Waals surface area contributed by atoms with Gasteiger partial charge in [-0.3, -0.25) is 0 Å². The van der Waals surface area contributed by atoms with Crippen LogP contribution in [-0.2, 0) is 0 Å². The first kappa shape index (κ1) is 10.5. The third-order valence-corrected chi connectivity index (χ3v) is 4.92. The van der Waals surface area contributed by atoms with E-state index < -0.39 is 5.60 Å². The van der Waals surface area contributed by atoms with E-state index in [9.17, 15) is 10.2 Å². The number of hydrogen-bond acceptors (Lipinski definition) is 2. The summed E-state index contributed by atoms with van der Waals surface area (Å²) in [5.41, 5.74) is 0.617. The van der Waals surface area contributed by atoms with Gasteiger partial charge in [-0.25, -0.2) is 0 Å². The Hall–Kier alpha value is -0.600. The van der Waals surface area contributed by atoms with E-state index in [0.29, 0.717) is 11.8 Å². The second kappa shape index (κ2) is 3.44. The van der Waals surface area contributed by atoms with Crippen LogP contribution in [0.2, 0.25) is 0 Å². The molecule has 3 fully saturated rings. The van der Waals surface area contributed by atoms with Gasteiger partial charge in [0.2, 0.25) is 0 Å². The van der Waals surface area contributed by atoms with Gasteiger partial charge in [0.05, 0.1) is 11.7 Å². The summed E-state index contributed by atoms with van der Waals surface area (Å²) in [6.07, 6.45) is 8.67. The predicted molar refractivity (Wildman–Crippen MR) is 62.8 cm³/mol. The zero-order valence-corrected chi connectivity index (χ0v) is 9.60. The highest BCUT2D eigenvalue weighted by molar-refractivity contribution is 5.30. The van der Waals surface area contributed by atoms with Gasteiger partial charge in [0.25, 0.3) is 0 Å². The highest BCUT2D eigenvalue weighted by atomic mass is 16.3. The number of fused-ring (bicyclic) bond motifs is 2.